The van der Waals surface area contributed by atoms with Gasteiger partial charge in [-0.15, -0.1) is 0 Å². The van der Waals surface area contributed by atoms with Crippen LogP contribution in [-0.4, -0.2) is 58.0 Å². The van der Waals surface area contributed by atoms with E-state index in [9.17, 15) is 29.4 Å². The number of ether oxygens (including phenoxy) is 2. The van der Waals surface area contributed by atoms with Gasteiger partial charge < -0.3 is 24.8 Å². The van der Waals surface area contributed by atoms with Gasteiger partial charge in [0.25, 0.3) is 0 Å². The van der Waals surface area contributed by atoms with E-state index in [2.05, 4.69) is 11.7 Å². The monoisotopic (exact) mass is 460 g/mol. The van der Waals surface area contributed by atoms with Gasteiger partial charge in [0.2, 0.25) is 11.7 Å². The number of rotatable bonds is 20. The molecule has 0 aromatic rings. The molecule has 0 bridgehead atoms. The second-order valence-corrected chi connectivity index (χ2v) is 8.19. The quantitative estimate of drug-likeness (QED) is 0.182. The SMILES string of the molecule is CCCCCCCCCCCCCCCC(=O)OC(C(=O)OC)C(O)(CC(=O)O)C(=O)O. The van der Waals surface area contributed by atoms with Gasteiger partial charge in [0, 0.05) is 6.42 Å². The number of hydrogen-bond acceptors (Lipinski definition) is 7. The summed E-state index contributed by atoms with van der Waals surface area (Å²) in [6.07, 6.45) is 11.0. The minimum atomic E-state index is -3.12. The predicted molar refractivity (Wildman–Crippen MR) is 117 cm³/mol. The van der Waals surface area contributed by atoms with E-state index >= 15 is 0 Å². The first-order chi connectivity index (χ1) is 15.2. The van der Waals surface area contributed by atoms with Crippen molar-refractivity contribution in [3.8, 4) is 0 Å². The lowest BCUT2D eigenvalue weighted by atomic mass is 9.92. The largest absolute Gasteiger partial charge is 0.481 e. The molecule has 2 atom stereocenters. The molecule has 0 aliphatic heterocycles. The number of esters is 2. The highest BCUT2D eigenvalue weighted by Gasteiger charge is 2.53. The van der Waals surface area contributed by atoms with Crippen LogP contribution in [0, 0.1) is 0 Å². The second kappa shape index (κ2) is 17.4. The average molecular weight is 461 g/mol. The van der Waals surface area contributed by atoms with Gasteiger partial charge in [-0.25, -0.2) is 9.59 Å². The molecule has 0 rings (SSSR count). The molecule has 0 saturated carbocycles. The summed E-state index contributed by atoms with van der Waals surface area (Å²) in [4.78, 5) is 46.2. The van der Waals surface area contributed by atoms with Gasteiger partial charge >= 0.3 is 23.9 Å². The number of methoxy groups -OCH3 is 1. The van der Waals surface area contributed by atoms with Crippen molar-refractivity contribution in [2.45, 2.75) is 115 Å². The van der Waals surface area contributed by atoms with Crippen molar-refractivity contribution in [2.24, 2.45) is 0 Å². The van der Waals surface area contributed by atoms with Gasteiger partial charge in [-0.1, -0.05) is 84.0 Å². The lowest BCUT2D eigenvalue weighted by Gasteiger charge is -2.28. The summed E-state index contributed by atoms with van der Waals surface area (Å²) in [5, 5.41) is 28.2. The molecule has 0 amide bonds. The molecule has 186 valence electrons. The minimum absolute atomic E-state index is 0.0754. The summed E-state index contributed by atoms with van der Waals surface area (Å²) in [5.41, 5.74) is -3.12. The number of aliphatic hydroxyl groups is 1. The van der Waals surface area contributed by atoms with Crippen LogP contribution in [0.15, 0.2) is 0 Å². The van der Waals surface area contributed by atoms with Gasteiger partial charge in [-0.2, -0.15) is 0 Å². The van der Waals surface area contributed by atoms with E-state index in [0.717, 1.165) is 32.8 Å². The molecule has 3 N–H and O–H groups in total. The van der Waals surface area contributed by atoms with Crippen molar-refractivity contribution < 1.29 is 44.0 Å². The zero-order chi connectivity index (χ0) is 24.4. The smallest absolute Gasteiger partial charge is 0.350 e. The third-order valence-corrected chi connectivity index (χ3v) is 5.37. The van der Waals surface area contributed by atoms with Crippen LogP contribution in [0.1, 0.15) is 103 Å². The number of carboxylic acid groups (broad SMARTS) is 2. The fourth-order valence-corrected chi connectivity index (χ4v) is 3.44. The Kier molecular flexibility index (Phi) is 16.2. The Bertz CT molecular complexity index is 576. The second-order valence-electron chi connectivity index (χ2n) is 8.19. The molecule has 0 heterocycles. The van der Waals surface area contributed by atoms with Crippen molar-refractivity contribution in [1.82, 2.24) is 0 Å². The van der Waals surface area contributed by atoms with E-state index < -0.39 is 42.0 Å². The summed E-state index contributed by atoms with van der Waals surface area (Å²) in [6.45, 7) is 2.21. The average Bonchev–Trinajstić information content (AvgIpc) is 2.74. The van der Waals surface area contributed by atoms with Crippen molar-refractivity contribution in [1.29, 1.82) is 0 Å². The van der Waals surface area contributed by atoms with Crippen LogP contribution >= 0.6 is 0 Å². The molecule has 0 aliphatic carbocycles. The number of unbranched alkanes of at least 4 members (excludes halogenated alkanes) is 12. The maximum absolute atomic E-state index is 12.0. The number of aliphatic carboxylic acids is 2. The number of carboxylic acids is 2. The molecule has 0 saturated heterocycles. The van der Waals surface area contributed by atoms with Crippen LogP contribution in [0.3, 0.4) is 0 Å². The molecule has 0 aromatic carbocycles. The van der Waals surface area contributed by atoms with Crippen LogP contribution in [0.25, 0.3) is 0 Å². The molecule has 0 fully saturated rings. The molecule has 32 heavy (non-hydrogen) atoms. The minimum Gasteiger partial charge on any atom is -0.481 e. The van der Waals surface area contributed by atoms with Crippen molar-refractivity contribution in [3.63, 3.8) is 0 Å². The maximum Gasteiger partial charge on any atom is 0.350 e. The molecule has 0 spiro atoms. The Balaban J connectivity index is 4.19. The fourth-order valence-electron chi connectivity index (χ4n) is 3.44. The van der Waals surface area contributed by atoms with Crippen molar-refractivity contribution in [2.75, 3.05) is 7.11 Å². The predicted octanol–water partition coefficient (Wildman–Crippen LogP) is 3.84. The van der Waals surface area contributed by atoms with Crippen LogP contribution < -0.4 is 0 Å². The van der Waals surface area contributed by atoms with Gasteiger partial charge in [0.1, 0.15) is 0 Å². The molecular formula is C23H40O9. The van der Waals surface area contributed by atoms with E-state index in [-0.39, 0.29) is 6.42 Å². The van der Waals surface area contributed by atoms with Crippen molar-refractivity contribution in [3.05, 3.63) is 0 Å². The first-order valence-corrected chi connectivity index (χ1v) is 11.6. The van der Waals surface area contributed by atoms with Crippen LogP contribution in [0.5, 0.6) is 0 Å². The van der Waals surface area contributed by atoms with Gasteiger partial charge in [-0.05, 0) is 6.42 Å². The van der Waals surface area contributed by atoms with Gasteiger partial charge in [0.05, 0.1) is 13.5 Å². The Hall–Kier alpha value is -2.16. The number of hydrogen-bond donors (Lipinski definition) is 3. The standard InChI is InChI=1S/C23H40O9/c1-3-4-5-6-7-8-9-10-11-12-13-14-15-16-19(26)32-20(21(27)31-2)23(30,22(28)29)17-18(24)25/h20,30H,3-17H2,1-2H3,(H,24,25)(H,28,29). The first-order valence-electron chi connectivity index (χ1n) is 11.6. The first kappa shape index (κ1) is 29.8. The molecule has 9 heteroatoms. The zero-order valence-electron chi connectivity index (χ0n) is 19.5. The van der Waals surface area contributed by atoms with Crippen LogP contribution in [0.4, 0.5) is 0 Å². The number of carbonyl (C=O) groups is 4. The molecule has 2 unspecified atom stereocenters. The third-order valence-electron chi connectivity index (χ3n) is 5.37. The molecular weight excluding hydrogens is 420 g/mol. The summed E-state index contributed by atoms with van der Waals surface area (Å²) in [7, 11) is 0.915. The number of carbonyl (C=O) groups excluding carboxylic acids is 2. The third kappa shape index (κ3) is 12.6. The van der Waals surface area contributed by atoms with E-state index in [1.807, 2.05) is 0 Å². The van der Waals surface area contributed by atoms with E-state index in [4.69, 9.17) is 9.84 Å². The molecule has 0 aliphatic rings. The highest BCUT2D eigenvalue weighted by Crippen LogP contribution is 2.22. The fraction of sp³-hybridized carbons (Fsp3) is 0.826. The summed E-state index contributed by atoms with van der Waals surface area (Å²) in [6, 6.07) is 0. The summed E-state index contributed by atoms with van der Waals surface area (Å²) in [5.74, 6) is -5.90. The van der Waals surface area contributed by atoms with Crippen LogP contribution in [0.2, 0.25) is 0 Å². The Morgan fingerprint density at radius 1 is 0.781 bits per heavy atom. The summed E-state index contributed by atoms with van der Waals surface area (Å²) >= 11 is 0. The zero-order valence-corrected chi connectivity index (χ0v) is 19.5. The highest BCUT2D eigenvalue weighted by atomic mass is 16.6. The van der Waals surface area contributed by atoms with Crippen molar-refractivity contribution >= 4 is 23.9 Å². The lowest BCUT2D eigenvalue weighted by molar-refractivity contribution is -0.198. The molecule has 0 radical (unpaired) electrons. The highest BCUT2D eigenvalue weighted by molar-refractivity contribution is 5.92. The Labute approximate surface area is 190 Å². The van der Waals surface area contributed by atoms with E-state index in [1.165, 1.54) is 51.4 Å². The van der Waals surface area contributed by atoms with E-state index in [1.54, 1.807) is 0 Å². The lowest BCUT2D eigenvalue weighted by Crippen LogP contribution is -2.56. The van der Waals surface area contributed by atoms with Gasteiger partial charge in [0.15, 0.2) is 0 Å². The van der Waals surface area contributed by atoms with Gasteiger partial charge in [-0.3, -0.25) is 9.59 Å². The maximum atomic E-state index is 12.0. The molecule has 9 nitrogen and oxygen atoms in total. The normalized spacial score (nSPS) is 13.7. The van der Waals surface area contributed by atoms with Crippen LogP contribution in [-0.2, 0) is 28.7 Å². The molecule has 0 aromatic heterocycles. The van der Waals surface area contributed by atoms with E-state index in [0.29, 0.717) is 6.42 Å². The Morgan fingerprint density at radius 2 is 1.22 bits per heavy atom. The topological polar surface area (TPSA) is 147 Å². The summed E-state index contributed by atoms with van der Waals surface area (Å²) < 4.78 is 9.21. The Morgan fingerprint density at radius 3 is 1.59 bits per heavy atom.